The van der Waals surface area contributed by atoms with Crippen LogP contribution in [0.5, 0.6) is 0 Å². The van der Waals surface area contributed by atoms with E-state index in [1.165, 1.54) is 0 Å². The lowest BCUT2D eigenvalue weighted by atomic mass is 10.0. The summed E-state index contributed by atoms with van der Waals surface area (Å²) in [6.45, 7) is 5.49. The van der Waals surface area contributed by atoms with Crippen molar-refractivity contribution in [3.63, 3.8) is 0 Å². The topological polar surface area (TPSA) is 57.5 Å². The monoisotopic (exact) mass is 374 g/mol. The Morgan fingerprint density at radius 3 is 2.00 bits per heavy atom. The van der Waals surface area contributed by atoms with Crippen LogP contribution in [0.25, 0.3) is 0 Å². The van der Waals surface area contributed by atoms with Crippen molar-refractivity contribution in [2.75, 3.05) is 45.1 Å². The smallest absolute Gasteiger partial charge is 0.193 e. The molecule has 4 nitrogen and oxygen atoms in total. The lowest BCUT2D eigenvalue weighted by Gasteiger charge is -2.36. The van der Waals surface area contributed by atoms with Crippen molar-refractivity contribution in [3.05, 3.63) is 65.7 Å². The van der Waals surface area contributed by atoms with Crippen LogP contribution >= 0.6 is 11.8 Å². The summed E-state index contributed by atoms with van der Waals surface area (Å²) in [6, 6.07) is 17.0. The molecule has 2 rings (SSSR count). The van der Waals surface area contributed by atoms with Crippen LogP contribution in [0, 0.1) is 0 Å². The van der Waals surface area contributed by atoms with Crippen LogP contribution in [-0.4, -0.2) is 65.6 Å². The van der Waals surface area contributed by atoms with E-state index in [0.717, 1.165) is 28.2 Å². The lowest BCUT2D eigenvalue weighted by Crippen LogP contribution is -2.52. The van der Waals surface area contributed by atoms with Crippen molar-refractivity contribution in [1.29, 1.82) is 0 Å². The summed E-state index contributed by atoms with van der Waals surface area (Å²) < 4.78 is 0.727. The maximum atomic E-state index is 12.4. The fraction of sp³-hybridized carbons (Fsp3) is 0.381. The summed E-state index contributed by atoms with van der Waals surface area (Å²) in [4.78, 5) is 13.6. The molecular formula is C21H28NO3S+. The summed E-state index contributed by atoms with van der Waals surface area (Å²) in [6.07, 6.45) is 0. The SMILES string of the molecule is CC[N+](CCO)(CCO)CCSc1ccc(C(=O)c2ccccc2)cc1. The number of carbonyl (C=O) groups excluding carboxylic acids is 1. The van der Waals surface area contributed by atoms with E-state index >= 15 is 0 Å². The van der Waals surface area contributed by atoms with Crippen molar-refractivity contribution >= 4 is 17.5 Å². The van der Waals surface area contributed by atoms with Gasteiger partial charge in [0.15, 0.2) is 5.78 Å². The fourth-order valence-corrected chi connectivity index (χ4v) is 4.09. The van der Waals surface area contributed by atoms with Gasteiger partial charge in [0.2, 0.25) is 0 Å². The van der Waals surface area contributed by atoms with Crippen molar-refractivity contribution in [2.45, 2.75) is 11.8 Å². The van der Waals surface area contributed by atoms with Gasteiger partial charge >= 0.3 is 0 Å². The standard InChI is InChI=1S/C21H28NO3S/c1-2-22(12-15-23,13-16-24)14-17-26-20-10-8-19(9-11-20)21(25)18-6-4-3-5-7-18/h3-11,23-24H,2,12-17H2,1H3/q+1. The van der Waals surface area contributed by atoms with Gasteiger partial charge in [-0.3, -0.25) is 4.79 Å². The number of nitrogens with zero attached hydrogens (tertiary/aromatic N) is 1. The van der Waals surface area contributed by atoms with Gasteiger partial charge in [0.1, 0.15) is 13.1 Å². The predicted octanol–water partition coefficient (Wildman–Crippen LogP) is 2.83. The van der Waals surface area contributed by atoms with Gasteiger partial charge in [-0.05, 0) is 31.2 Å². The molecule has 5 heteroatoms. The molecule has 0 heterocycles. The number of likely N-dealkylation sites (N-methyl/N-ethyl adjacent to an activating group) is 1. The van der Waals surface area contributed by atoms with Crippen LogP contribution in [-0.2, 0) is 0 Å². The van der Waals surface area contributed by atoms with Gasteiger partial charge in [0, 0.05) is 21.8 Å². The zero-order valence-corrected chi connectivity index (χ0v) is 16.1. The van der Waals surface area contributed by atoms with Crippen molar-refractivity contribution in [1.82, 2.24) is 0 Å². The van der Waals surface area contributed by atoms with Crippen LogP contribution in [0.2, 0.25) is 0 Å². The molecule has 0 unspecified atom stereocenters. The van der Waals surface area contributed by atoms with Gasteiger partial charge in [-0.25, -0.2) is 0 Å². The maximum Gasteiger partial charge on any atom is 0.193 e. The summed E-state index contributed by atoms with van der Waals surface area (Å²) in [5, 5.41) is 18.6. The van der Waals surface area contributed by atoms with E-state index in [-0.39, 0.29) is 19.0 Å². The predicted molar refractivity (Wildman–Crippen MR) is 107 cm³/mol. The molecule has 2 aromatic carbocycles. The molecule has 0 aliphatic carbocycles. The second-order valence-electron chi connectivity index (χ2n) is 6.34. The molecule has 140 valence electrons. The number of aliphatic hydroxyl groups excluding tert-OH is 2. The molecule has 0 bridgehead atoms. The first-order valence-corrected chi connectivity index (χ1v) is 10.0. The maximum absolute atomic E-state index is 12.4. The minimum absolute atomic E-state index is 0.0368. The average molecular weight is 375 g/mol. The number of thioether (sulfide) groups is 1. The highest BCUT2D eigenvalue weighted by molar-refractivity contribution is 7.99. The Balaban J connectivity index is 1.93. The number of rotatable bonds is 11. The first-order valence-electron chi connectivity index (χ1n) is 9.03. The van der Waals surface area contributed by atoms with Crippen LogP contribution in [0.15, 0.2) is 59.5 Å². The molecule has 2 aromatic rings. The minimum atomic E-state index is 0.0368. The highest BCUT2D eigenvalue weighted by atomic mass is 32.2. The number of aliphatic hydroxyl groups is 2. The zero-order valence-electron chi connectivity index (χ0n) is 15.3. The Kier molecular flexibility index (Phi) is 8.32. The number of benzene rings is 2. The molecule has 0 fully saturated rings. The van der Waals surface area contributed by atoms with Gasteiger partial charge in [0.25, 0.3) is 0 Å². The van der Waals surface area contributed by atoms with Crippen molar-refractivity contribution in [2.24, 2.45) is 0 Å². The number of carbonyl (C=O) groups is 1. The van der Waals surface area contributed by atoms with Gasteiger partial charge in [-0.15, -0.1) is 11.8 Å². The van der Waals surface area contributed by atoms with Crippen LogP contribution in [0.3, 0.4) is 0 Å². The minimum Gasteiger partial charge on any atom is -0.391 e. The highest BCUT2D eigenvalue weighted by Crippen LogP contribution is 2.21. The largest absolute Gasteiger partial charge is 0.391 e. The normalized spacial score (nSPS) is 11.5. The molecule has 0 amide bonds. The zero-order chi connectivity index (χ0) is 18.8. The molecule has 26 heavy (non-hydrogen) atoms. The molecule has 0 saturated heterocycles. The molecule has 0 atom stereocenters. The Morgan fingerprint density at radius 1 is 0.885 bits per heavy atom. The lowest BCUT2D eigenvalue weighted by molar-refractivity contribution is -0.924. The summed E-state index contributed by atoms with van der Waals surface area (Å²) in [5.74, 6) is 0.939. The number of hydrogen-bond donors (Lipinski definition) is 2. The first kappa shape index (κ1) is 20.6. The van der Waals surface area contributed by atoms with E-state index in [2.05, 4.69) is 6.92 Å². The van der Waals surface area contributed by atoms with Crippen LogP contribution < -0.4 is 0 Å². The summed E-state index contributed by atoms with van der Waals surface area (Å²) in [7, 11) is 0. The van der Waals surface area contributed by atoms with Gasteiger partial charge in [-0.2, -0.15) is 0 Å². The molecule has 0 aliphatic rings. The highest BCUT2D eigenvalue weighted by Gasteiger charge is 2.23. The molecule has 0 aromatic heterocycles. The summed E-state index contributed by atoms with van der Waals surface area (Å²) >= 11 is 1.74. The Hall–Kier alpha value is -1.66. The second-order valence-corrected chi connectivity index (χ2v) is 7.51. The molecule has 0 saturated carbocycles. The number of quaternary nitrogens is 1. The number of ketones is 1. The second kappa shape index (κ2) is 10.5. The molecule has 0 radical (unpaired) electrons. The van der Waals surface area contributed by atoms with E-state index in [4.69, 9.17) is 0 Å². The third kappa shape index (κ3) is 5.68. The number of hydrogen-bond acceptors (Lipinski definition) is 4. The molecule has 0 spiro atoms. The van der Waals surface area contributed by atoms with Crippen molar-refractivity contribution < 1.29 is 19.5 Å². The Bertz CT molecular complexity index is 667. The van der Waals surface area contributed by atoms with Crippen molar-refractivity contribution in [3.8, 4) is 0 Å². The quantitative estimate of drug-likeness (QED) is 0.361. The molecule has 0 aliphatic heterocycles. The Labute approximate surface area is 160 Å². The van der Waals surface area contributed by atoms with Gasteiger partial charge in [-0.1, -0.05) is 30.3 Å². The van der Waals surface area contributed by atoms with Crippen LogP contribution in [0.4, 0.5) is 0 Å². The third-order valence-electron chi connectivity index (χ3n) is 4.81. The van der Waals surface area contributed by atoms with E-state index in [1.807, 2.05) is 54.6 Å². The Morgan fingerprint density at radius 2 is 1.46 bits per heavy atom. The van der Waals surface area contributed by atoms with Gasteiger partial charge in [0.05, 0.1) is 26.3 Å². The molecular weight excluding hydrogens is 346 g/mol. The summed E-state index contributed by atoms with van der Waals surface area (Å²) in [5.41, 5.74) is 1.39. The molecule has 2 N–H and O–H groups in total. The first-order chi connectivity index (χ1) is 12.6. The van der Waals surface area contributed by atoms with Crippen LogP contribution in [0.1, 0.15) is 22.8 Å². The van der Waals surface area contributed by atoms with E-state index in [9.17, 15) is 15.0 Å². The average Bonchev–Trinajstić information content (AvgIpc) is 2.69. The van der Waals surface area contributed by atoms with E-state index in [0.29, 0.717) is 24.2 Å². The fourth-order valence-electron chi connectivity index (χ4n) is 3.05. The van der Waals surface area contributed by atoms with Gasteiger partial charge < -0.3 is 14.7 Å². The van der Waals surface area contributed by atoms with E-state index < -0.39 is 0 Å². The third-order valence-corrected chi connectivity index (χ3v) is 5.80. The van der Waals surface area contributed by atoms with E-state index in [1.54, 1.807) is 11.8 Å².